The molecule has 1 N–H and O–H groups in total. The summed E-state index contributed by atoms with van der Waals surface area (Å²) >= 11 is 0. The van der Waals surface area contributed by atoms with Crippen molar-refractivity contribution < 1.29 is 19.0 Å². The van der Waals surface area contributed by atoms with Gasteiger partial charge in [0.2, 0.25) is 5.88 Å². The van der Waals surface area contributed by atoms with Crippen LogP contribution in [0.1, 0.15) is 34.3 Å². The van der Waals surface area contributed by atoms with Gasteiger partial charge in [-0.3, -0.25) is 9.69 Å². The number of aromatic nitrogens is 1. The number of rotatable bonds is 11. The van der Waals surface area contributed by atoms with Crippen LogP contribution in [-0.4, -0.2) is 55.2 Å². The Morgan fingerprint density at radius 2 is 1.83 bits per heavy atom. The van der Waals surface area contributed by atoms with E-state index in [9.17, 15) is 4.79 Å². The van der Waals surface area contributed by atoms with E-state index >= 15 is 0 Å². The molecule has 3 aromatic rings. The molecular weight excluding hydrogens is 442 g/mol. The van der Waals surface area contributed by atoms with Gasteiger partial charge in [0.15, 0.2) is 0 Å². The maximum atomic E-state index is 12.7. The molecule has 0 unspecified atom stereocenters. The van der Waals surface area contributed by atoms with Crippen molar-refractivity contribution in [3.63, 3.8) is 0 Å². The van der Waals surface area contributed by atoms with Crippen molar-refractivity contribution in [3.8, 4) is 11.6 Å². The fraction of sp³-hybridized carbons (Fsp3) is 0.357. The maximum absolute atomic E-state index is 12.7. The van der Waals surface area contributed by atoms with Gasteiger partial charge in [-0.05, 0) is 49.2 Å². The summed E-state index contributed by atoms with van der Waals surface area (Å²) in [6.07, 6.45) is 3.73. The Hall–Kier alpha value is -3.42. The second kappa shape index (κ2) is 12.9. The Kier molecular flexibility index (Phi) is 9.09. The number of benzene rings is 2. The Labute approximate surface area is 207 Å². The molecule has 1 aromatic heterocycles. The molecule has 0 radical (unpaired) electrons. The summed E-state index contributed by atoms with van der Waals surface area (Å²) in [5.74, 6) is 1.04. The molecule has 2 aromatic carbocycles. The standard InChI is InChI=1S/C28H33N3O4/c1-31(25-11-15-33-16-12-25)14-17-34-26-9-5-8-23(18-26)20-30-28(32)24-10-13-29-27(19-24)35-21-22-6-3-2-4-7-22/h2-10,13,18-19,25H,11-12,14-17,20-21H2,1H3,(H,30,32). The zero-order valence-electron chi connectivity index (χ0n) is 20.2. The number of nitrogens with zero attached hydrogens (tertiary/aromatic N) is 2. The van der Waals surface area contributed by atoms with Crippen molar-refractivity contribution in [2.24, 2.45) is 0 Å². The van der Waals surface area contributed by atoms with Crippen molar-refractivity contribution in [1.29, 1.82) is 0 Å². The second-order valence-electron chi connectivity index (χ2n) is 8.66. The average Bonchev–Trinajstić information content (AvgIpc) is 2.92. The summed E-state index contributed by atoms with van der Waals surface area (Å²) in [6.45, 7) is 3.96. The molecule has 0 atom stereocenters. The molecule has 1 fully saturated rings. The molecule has 0 spiro atoms. The van der Waals surface area contributed by atoms with Gasteiger partial charge in [0.25, 0.3) is 5.91 Å². The minimum atomic E-state index is -0.179. The van der Waals surface area contributed by atoms with Gasteiger partial charge < -0.3 is 19.5 Å². The van der Waals surface area contributed by atoms with E-state index in [1.807, 2.05) is 54.6 Å². The molecule has 1 saturated heterocycles. The number of amides is 1. The van der Waals surface area contributed by atoms with Crippen LogP contribution in [0.3, 0.4) is 0 Å². The molecular formula is C28H33N3O4. The molecule has 1 amide bonds. The van der Waals surface area contributed by atoms with Gasteiger partial charge in [-0.15, -0.1) is 0 Å². The number of carbonyl (C=O) groups excluding carboxylic acids is 1. The zero-order valence-corrected chi connectivity index (χ0v) is 20.2. The van der Waals surface area contributed by atoms with E-state index < -0.39 is 0 Å². The van der Waals surface area contributed by atoms with Crippen molar-refractivity contribution in [3.05, 3.63) is 89.6 Å². The Bertz CT molecular complexity index is 1070. The summed E-state index contributed by atoms with van der Waals surface area (Å²) < 4.78 is 17.1. The third-order valence-corrected chi connectivity index (χ3v) is 6.10. The van der Waals surface area contributed by atoms with Gasteiger partial charge >= 0.3 is 0 Å². The smallest absolute Gasteiger partial charge is 0.251 e. The summed E-state index contributed by atoms with van der Waals surface area (Å²) in [5.41, 5.74) is 2.52. The van der Waals surface area contributed by atoms with Gasteiger partial charge in [0.05, 0.1) is 0 Å². The Morgan fingerprint density at radius 3 is 2.66 bits per heavy atom. The van der Waals surface area contributed by atoms with Crippen LogP contribution in [-0.2, 0) is 17.9 Å². The van der Waals surface area contributed by atoms with Gasteiger partial charge in [-0.1, -0.05) is 42.5 Å². The monoisotopic (exact) mass is 475 g/mol. The van der Waals surface area contributed by atoms with Crippen molar-refractivity contribution in [2.45, 2.75) is 32.0 Å². The van der Waals surface area contributed by atoms with E-state index in [-0.39, 0.29) is 5.91 Å². The van der Waals surface area contributed by atoms with Crippen molar-refractivity contribution in [1.82, 2.24) is 15.2 Å². The summed E-state index contributed by atoms with van der Waals surface area (Å²) in [4.78, 5) is 19.2. The van der Waals surface area contributed by atoms with Gasteiger partial charge in [0.1, 0.15) is 19.0 Å². The molecule has 1 aliphatic heterocycles. The van der Waals surface area contributed by atoms with Crippen LogP contribution in [0, 0.1) is 0 Å². The molecule has 35 heavy (non-hydrogen) atoms. The first kappa shape index (κ1) is 24.7. The predicted molar refractivity (Wildman–Crippen MR) is 135 cm³/mol. The number of carbonyl (C=O) groups is 1. The minimum Gasteiger partial charge on any atom is -0.492 e. The first-order chi connectivity index (χ1) is 17.2. The highest BCUT2D eigenvalue weighted by Gasteiger charge is 2.18. The summed E-state index contributed by atoms with van der Waals surface area (Å²) in [6, 6.07) is 21.6. The van der Waals surface area contributed by atoms with Crippen molar-refractivity contribution in [2.75, 3.05) is 33.4 Å². The van der Waals surface area contributed by atoms with Gasteiger partial charge in [-0.25, -0.2) is 4.98 Å². The molecule has 0 bridgehead atoms. The molecule has 2 heterocycles. The number of hydrogen-bond acceptors (Lipinski definition) is 6. The van der Waals surface area contributed by atoms with E-state index in [1.165, 1.54) is 0 Å². The lowest BCUT2D eigenvalue weighted by atomic mass is 10.1. The van der Waals surface area contributed by atoms with E-state index in [4.69, 9.17) is 14.2 Å². The largest absolute Gasteiger partial charge is 0.492 e. The number of nitrogens with one attached hydrogen (secondary N) is 1. The third kappa shape index (κ3) is 7.80. The molecule has 0 saturated carbocycles. The van der Waals surface area contributed by atoms with Crippen LogP contribution in [0.15, 0.2) is 72.9 Å². The lowest BCUT2D eigenvalue weighted by molar-refractivity contribution is 0.0392. The first-order valence-corrected chi connectivity index (χ1v) is 12.1. The van der Waals surface area contributed by atoms with Crippen LogP contribution in [0.5, 0.6) is 11.6 Å². The summed E-state index contributed by atoms with van der Waals surface area (Å²) in [5, 5.41) is 2.96. The van der Waals surface area contributed by atoms with Crippen LogP contribution >= 0.6 is 0 Å². The topological polar surface area (TPSA) is 72.9 Å². The summed E-state index contributed by atoms with van der Waals surface area (Å²) in [7, 11) is 2.14. The molecule has 7 heteroatoms. The van der Waals surface area contributed by atoms with Crippen LogP contribution < -0.4 is 14.8 Å². The fourth-order valence-electron chi connectivity index (χ4n) is 4.01. The third-order valence-electron chi connectivity index (χ3n) is 6.10. The molecule has 7 nitrogen and oxygen atoms in total. The van der Waals surface area contributed by atoms with Crippen LogP contribution in [0.4, 0.5) is 0 Å². The zero-order chi connectivity index (χ0) is 24.3. The molecule has 184 valence electrons. The molecule has 4 rings (SSSR count). The minimum absolute atomic E-state index is 0.179. The molecule has 1 aliphatic rings. The number of hydrogen-bond donors (Lipinski definition) is 1. The lowest BCUT2D eigenvalue weighted by Crippen LogP contribution is -2.38. The fourth-order valence-corrected chi connectivity index (χ4v) is 4.01. The van der Waals surface area contributed by atoms with E-state index in [0.717, 1.165) is 49.5 Å². The van der Waals surface area contributed by atoms with E-state index in [1.54, 1.807) is 18.3 Å². The lowest BCUT2D eigenvalue weighted by Gasteiger charge is -2.31. The second-order valence-corrected chi connectivity index (χ2v) is 8.66. The molecule has 0 aliphatic carbocycles. The number of ether oxygens (including phenoxy) is 3. The predicted octanol–water partition coefficient (Wildman–Crippen LogP) is 4.08. The number of likely N-dealkylation sites (N-methyl/N-ethyl adjacent to an activating group) is 1. The average molecular weight is 476 g/mol. The maximum Gasteiger partial charge on any atom is 0.251 e. The van der Waals surface area contributed by atoms with Crippen LogP contribution in [0.25, 0.3) is 0 Å². The van der Waals surface area contributed by atoms with Gasteiger partial charge in [-0.2, -0.15) is 0 Å². The highest BCUT2D eigenvalue weighted by molar-refractivity contribution is 5.94. The quantitative estimate of drug-likeness (QED) is 0.451. The Morgan fingerprint density at radius 1 is 1.03 bits per heavy atom. The number of pyridine rings is 1. The normalized spacial score (nSPS) is 14.0. The van der Waals surface area contributed by atoms with E-state index in [2.05, 4.69) is 22.2 Å². The van der Waals surface area contributed by atoms with Gasteiger partial charge in [0, 0.05) is 50.2 Å². The first-order valence-electron chi connectivity index (χ1n) is 12.1. The van der Waals surface area contributed by atoms with Crippen molar-refractivity contribution >= 4 is 5.91 Å². The van der Waals surface area contributed by atoms with E-state index in [0.29, 0.717) is 37.2 Å². The SMILES string of the molecule is CN(CCOc1cccc(CNC(=O)c2ccnc(OCc3ccccc3)c2)c1)C1CCOCC1. The van der Waals surface area contributed by atoms with Crippen LogP contribution in [0.2, 0.25) is 0 Å². The highest BCUT2D eigenvalue weighted by Crippen LogP contribution is 2.16. The highest BCUT2D eigenvalue weighted by atomic mass is 16.5. The Balaban J connectivity index is 1.23.